The van der Waals surface area contributed by atoms with E-state index in [2.05, 4.69) is 15.6 Å². The van der Waals surface area contributed by atoms with Crippen LogP contribution in [0.3, 0.4) is 0 Å². The molecule has 0 saturated carbocycles. The molecule has 2 N–H and O–H groups in total. The van der Waals surface area contributed by atoms with Gasteiger partial charge in [0.1, 0.15) is 0 Å². The Morgan fingerprint density at radius 2 is 2.19 bits per heavy atom. The van der Waals surface area contributed by atoms with E-state index in [1.54, 1.807) is 0 Å². The molecule has 0 aliphatic carbocycles. The summed E-state index contributed by atoms with van der Waals surface area (Å²) >= 11 is 0. The molecule has 26 heavy (non-hydrogen) atoms. The molecule has 0 amide bonds. The Morgan fingerprint density at radius 3 is 2.92 bits per heavy atom. The Bertz CT molecular complexity index is 548. The predicted molar refractivity (Wildman–Crippen MR) is 106 cm³/mol. The summed E-state index contributed by atoms with van der Waals surface area (Å²) in [5, 5.41) is 6.45. The fourth-order valence-electron chi connectivity index (χ4n) is 2.64. The SMILES string of the molecule is CCNC(=NCCCOCC1CCCO1)NCCS(=O)c1ccccc1. The maximum Gasteiger partial charge on any atom is 0.191 e. The fraction of sp³-hybridized carbons (Fsp3) is 0.632. The molecular formula is C19H31N3O3S. The third-order valence-corrected chi connectivity index (χ3v) is 5.35. The molecule has 0 bridgehead atoms. The third kappa shape index (κ3) is 8.29. The number of rotatable bonds is 11. The van der Waals surface area contributed by atoms with E-state index in [-0.39, 0.29) is 6.10 Å². The largest absolute Gasteiger partial charge is 0.379 e. The minimum absolute atomic E-state index is 0.281. The van der Waals surface area contributed by atoms with E-state index in [0.29, 0.717) is 32.1 Å². The van der Waals surface area contributed by atoms with Gasteiger partial charge in [0, 0.05) is 43.5 Å². The molecule has 1 aliphatic heterocycles. The molecule has 0 spiro atoms. The second-order valence-corrected chi connectivity index (χ2v) is 7.68. The van der Waals surface area contributed by atoms with Crippen molar-refractivity contribution >= 4 is 16.8 Å². The van der Waals surface area contributed by atoms with E-state index in [1.807, 2.05) is 37.3 Å². The molecule has 1 fully saturated rings. The first-order valence-corrected chi connectivity index (χ1v) is 10.8. The molecule has 1 aromatic rings. The van der Waals surface area contributed by atoms with Crippen LogP contribution in [0.1, 0.15) is 26.2 Å². The van der Waals surface area contributed by atoms with Crippen LogP contribution in [-0.2, 0) is 20.3 Å². The summed E-state index contributed by atoms with van der Waals surface area (Å²) in [5.74, 6) is 1.32. The van der Waals surface area contributed by atoms with Crippen molar-refractivity contribution in [3.05, 3.63) is 30.3 Å². The smallest absolute Gasteiger partial charge is 0.191 e. The van der Waals surface area contributed by atoms with Crippen LogP contribution in [-0.4, -0.2) is 61.5 Å². The van der Waals surface area contributed by atoms with Crippen molar-refractivity contribution in [3.63, 3.8) is 0 Å². The molecule has 2 atom stereocenters. The molecule has 6 nitrogen and oxygen atoms in total. The summed E-state index contributed by atoms with van der Waals surface area (Å²) in [6, 6.07) is 9.54. The van der Waals surface area contributed by atoms with Gasteiger partial charge in [-0.15, -0.1) is 0 Å². The predicted octanol–water partition coefficient (Wildman–Crippen LogP) is 1.94. The van der Waals surface area contributed by atoms with Crippen molar-refractivity contribution in [2.75, 3.05) is 45.2 Å². The van der Waals surface area contributed by atoms with Crippen LogP contribution in [0.4, 0.5) is 0 Å². The van der Waals surface area contributed by atoms with Crippen LogP contribution in [0.2, 0.25) is 0 Å². The Kier molecular flexibility index (Phi) is 10.3. The zero-order valence-electron chi connectivity index (χ0n) is 15.6. The van der Waals surface area contributed by atoms with E-state index >= 15 is 0 Å². The van der Waals surface area contributed by atoms with Gasteiger partial charge in [0.05, 0.1) is 23.5 Å². The van der Waals surface area contributed by atoms with E-state index in [4.69, 9.17) is 9.47 Å². The van der Waals surface area contributed by atoms with Crippen LogP contribution < -0.4 is 10.6 Å². The second kappa shape index (κ2) is 12.8. The number of benzene rings is 1. The summed E-state index contributed by atoms with van der Waals surface area (Å²) in [4.78, 5) is 5.40. The zero-order chi connectivity index (χ0) is 18.5. The Balaban J connectivity index is 1.60. The quantitative estimate of drug-likeness (QED) is 0.348. The molecule has 1 aliphatic rings. The number of nitrogens with zero attached hydrogens (tertiary/aromatic N) is 1. The van der Waals surface area contributed by atoms with Crippen molar-refractivity contribution in [1.82, 2.24) is 10.6 Å². The number of hydrogen-bond donors (Lipinski definition) is 2. The Hall–Kier alpha value is -1.44. The van der Waals surface area contributed by atoms with Gasteiger partial charge in [0.2, 0.25) is 0 Å². The van der Waals surface area contributed by atoms with E-state index < -0.39 is 10.8 Å². The molecule has 0 aromatic heterocycles. The van der Waals surface area contributed by atoms with Gasteiger partial charge in [-0.3, -0.25) is 9.20 Å². The third-order valence-electron chi connectivity index (χ3n) is 3.97. The number of aliphatic imine (C=N–C) groups is 1. The van der Waals surface area contributed by atoms with Crippen molar-refractivity contribution < 1.29 is 13.7 Å². The van der Waals surface area contributed by atoms with Gasteiger partial charge in [-0.25, -0.2) is 0 Å². The average molecular weight is 382 g/mol. The second-order valence-electron chi connectivity index (χ2n) is 6.11. The highest BCUT2D eigenvalue weighted by molar-refractivity contribution is 7.85. The number of guanidine groups is 1. The minimum atomic E-state index is -0.992. The minimum Gasteiger partial charge on any atom is -0.379 e. The van der Waals surface area contributed by atoms with Gasteiger partial charge in [-0.05, 0) is 38.3 Å². The van der Waals surface area contributed by atoms with Crippen LogP contribution in [0.15, 0.2) is 40.2 Å². The van der Waals surface area contributed by atoms with Crippen molar-refractivity contribution in [2.24, 2.45) is 4.99 Å². The summed E-state index contributed by atoms with van der Waals surface area (Å²) in [5.41, 5.74) is 0. The van der Waals surface area contributed by atoms with Crippen LogP contribution in [0.25, 0.3) is 0 Å². The van der Waals surface area contributed by atoms with Crippen LogP contribution in [0.5, 0.6) is 0 Å². The number of hydrogen-bond acceptors (Lipinski definition) is 4. The molecule has 1 aromatic carbocycles. The van der Waals surface area contributed by atoms with Gasteiger partial charge in [-0.1, -0.05) is 18.2 Å². The highest BCUT2D eigenvalue weighted by Gasteiger charge is 2.14. The molecule has 2 rings (SSSR count). The molecule has 1 saturated heterocycles. The lowest BCUT2D eigenvalue weighted by molar-refractivity contribution is 0.0171. The van der Waals surface area contributed by atoms with Crippen molar-refractivity contribution in [2.45, 2.75) is 37.2 Å². The first-order chi connectivity index (χ1) is 12.8. The van der Waals surface area contributed by atoms with Gasteiger partial charge in [-0.2, -0.15) is 0 Å². The molecule has 7 heteroatoms. The van der Waals surface area contributed by atoms with Gasteiger partial charge >= 0.3 is 0 Å². The van der Waals surface area contributed by atoms with Gasteiger partial charge < -0.3 is 20.1 Å². The molecule has 1 heterocycles. The lowest BCUT2D eigenvalue weighted by Gasteiger charge is -2.12. The first kappa shape index (κ1) is 20.9. The van der Waals surface area contributed by atoms with Crippen molar-refractivity contribution in [1.29, 1.82) is 0 Å². The first-order valence-electron chi connectivity index (χ1n) is 9.44. The maximum atomic E-state index is 12.2. The summed E-state index contributed by atoms with van der Waals surface area (Å²) < 4.78 is 23.4. The van der Waals surface area contributed by atoms with Crippen LogP contribution >= 0.6 is 0 Å². The maximum absolute atomic E-state index is 12.2. The average Bonchev–Trinajstić information content (AvgIpc) is 3.18. The van der Waals surface area contributed by atoms with Gasteiger partial charge in [0.15, 0.2) is 5.96 Å². The standard InChI is InChI=1S/C19H31N3O3S/c1-2-20-19(21-11-7-13-24-16-17-8-6-14-25-17)22-12-15-26(23)18-9-4-3-5-10-18/h3-5,9-10,17H,2,6-8,11-16H2,1H3,(H2,20,21,22). The Morgan fingerprint density at radius 1 is 1.35 bits per heavy atom. The molecule has 146 valence electrons. The molecule has 2 unspecified atom stereocenters. The van der Waals surface area contributed by atoms with E-state index in [1.165, 1.54) is 0 Å². The highest BCUT2D eigenvalue weighted by atomic mass is 32.2. The molecular weight excluding hydrogens is 350 g/mol. The van der Waals surface area contributed by atoms with E-state index in [9.17, 15) is 4.21 Å². The van der Waals surface area contributed by atoms with Crippen molar-refractivity contribution in [3.8, 4) is 0 Å². The zero-order valence-corrected chi connectivity index (χ0v) is 16.4. The topological polar surface area (TPSA) is 72.0 Å². The Labute approximate surface area is 159 Å². The monoisotopic (exact) mass is 381 g/mol. The summed E-state index contributed by atoms with van der Waals surface area (Å²) in [7, 11) is -0.992. The van der Waals surface area contributed by atoms with E-state index in [0.717, 1.165) is 43.3 Å². The normalized spacial score (nSPS) is 18.7. The lowest BCUT2D eigenvalue weighted by Crippen LogP contribution is -2.39. The highest BCUT2D eigenvalue weighted by Crippen LogP contribution is 2.11. The van der Waals surface area contributed by atoms with Crippen LogP contribution in [0, 0.1) is 0 Å². The fourth-order valence-corrected chi connectivity index (χ4v) is 3.63. The number of nitrogens with one attached hydrogen (secondary N) is 2. The number of ether oxygens (including phenoxy) is 2. The summed E-state index contributed by atoms with van der Waals surface area (Å²) in [6.07, 6.45) is 3.41. The lowest BCUT2D eigenvalue weighted by atomic mass is 10.2. The summed E-state index contributed by atoms with van der Waals surface area (Å²) in [6.45, 7) is 6.39. The molecule has 0 radical (unpaired) electrons. The van der Waals surface area contributed by atoms with Gasteiger partial charge in [0.25, 0.3) is 0 Å².